The van der Waals surface area contributed by atoms with E-state index >= 15 is 0 Å². The molecule has 1 saturated heterocycles. The van der Waals surface area contributed by atoms with Crippen LogP contribution in [0.1, 0.15) is 34.8 Å². The number of hydrogen-bond acceptors (Lipinski definition) is 5. The zero-order valence-electron chi connectivity index (χ0n) is 16.0. The Morgan fingerprint density at radius 2 is 2.04 bits per heavy atom. The summed E-state index contributed by atoms with van der Waals surface area (Å²) in [6, 6.07) is 1.58. The van der Waals surface area contributed by atoms with Gasteiger partial charge in [-0.15, -0.1) is 0 Å². The van der Waals surface area contributed by atoms with E-state index in [1.807, 2.05) is 17.7 Å². The molecule has 148 valence electrons. The Kier molecular flexibility index (Phi) is 5.71. The Labute approximate surface area is 159 Å². The molecule has 8 nitrogen and oxygen atoms in total. The van der Waals surface area contributed by atoms with Gasteiger partial charge in [0.05, 0.1) is 18.1 Å². The number of furan rings is 1. The van der Waals surface area contributed by atoms with Crippen LogP contribution in [0.15, 0.2) is 29.1 Å². The fraction of sp³-hybridized carbons (Fsp3) is 0.556. The number of rotatable bonds is 6. The van der Waals surface area contributed by atoms with Crippen LogP contribution in [0, 0.1) is 13.8 Å². The van der Waals surface area contributed by atoms with Crippen molar-refractivity contribution in [2.45, 2.75) is 39.3 Å². The Morgan fingerprint density at radius 1 is 1.33 bits per heavy atom. The average molecular weight is 394 g/mol. The van der Waals surface area contributed by atoms with E-state index in [9.17, 15) is 13.2 Å². The van der Waals surface area contributed by atoms with Crippen LogP contribution >= 0.6 is 0 Å². The smallest absolute Gasteiger partial charge is 0.257 e. The molecule has 0 aromatic carbocycles. The van der Waals surface area contributed by atoms with Crippen molar-refractivity contribution < 1.29 is 17.6 Å². The Morgan fingerprint density at radius 3 is 2.56 bits per heavy atom. The number of hydrogen-bond donors (Lipinski definition) is 0. The number of nitrogens with zero attached hydrogens (tertiary/aromatic N) is 4. The SMILES string of the molecule is Cc1occc1C(=O)N1CCC(N(CCn2ccnc2C)S(C)(=O)=O)CC1. The second-order valence-corrected chi connectivity index (χ2v) is 8.89. The topological polar surface area (TPSA) is 88.7 Å². The largest absolute Gasteiger partial charge is 0.469 e. The first kappa shape index (κ1) is 19.6. The van der Waals surface area contributed by atoms with Gasteiger partial charge in [0.2, 0.25) is 10.0 Å². The third-order valence-corrected chi connectivity index (χ3v) is 6.49. The average Bonchev–Trinajstić information content (AvgIpc) is 3.22. The molecule has 0 spiro atoms. The summed E-state index contributed by atoms with van der Waals surface area (Å²) in [5.41, 5.74) is 0.573. The summed E-state index contributed by atoms with van der Waals surface area (Å²) in [7, 11) is -3.34. The number of imidazole rings is 1. The Hall–Kier alpha value is -2.13. The number of carbonyl (C=O) groups excluding carboxylic acids is 1. The normalized spacial score (nSPS) is 16.2. The third kappa shape index (κ3) is 4.41. The molecule has 0 saturated carbocycles. The second-order valence-electron chi connectivity index (χ2n) is 6.96. The molecule has 0 atom stereocenters. The summed E-state index contributed by atoms with van der Waals surface area (Å²) < 4.78 is 33.4. The maximum Gasteiger partial charge on any atom is 0.257 e. The highest BCUT2D eigenvalue weighted by Gasteiger charge is 2.32. The molecule has 0 N–H and O–H groups in total. The number of aryl methyl sites for hydroxylation is 2. The van der Waals surface area contributed by atoms with Crippen molar-refractivity contribution in [1.29, 1.82) is 0 Å². The lowest BCUT2D eigenvalue weighted by atomic mass is 10.0. The van der Waals surface area contributed by atoms with Crippen molar-refractivity contribution in [3.63, 3.8) is 0 Å². The van der Waals surface area contributed by atoms with E-state index in [1.54, 1.807) is 28.4 Å². The van der Waals surface area contributed by atoms with Gasteiger partial charge < -0.3 is 13.9 Å². The fourth-order valence-electron chi connectivity index (χ4n) is 3.60. The minimum Gasteiger partial charge on any atom is -0.469 e. The van der Waals surface area contributed by atoms with Crippen molar-refractivity contribution >= 4 is 15.9 Å². The monoisotopic (exact) mass is 394 g/mol. The van der Waals surface area contributed by atoms with Gasteiger partial charge in [-0.2, -0.15) is 4.31 Å². The molecule has 3 heterocycles. The Balaban J connectivity index is 1.63. The van der Waals surface area contributed by atoms with Gasteiger partial charge in [0.25, 0.3) is 5.91 Å². The van der Waals surface area contributed by atoms with Crippen LogP contribution in [0.25, 0.3) is 0 Å². The van der Waals surface area contributed by atoms with E-state index in [-0.39, 0.29) is 11.9 Å². The number of piperidine rings is 1. The van der Waals surface area contributed by atoms with Gasteiger partial charge in [-0.1, -0.05) is 0 Å². The van der Waals surface area contributed by atoms with Gasteiger partial charge in [-0.05, 0) is 32.8 Å². The minimum absolute atomic E-state index is 0.0559. The third-order valence-electron chi connectivity index (χ3n) is 5.16. The van der Waals surface area contributed by atoms with Crippen LogP contribution in [0.3, 0.4) is 0 Å². The molecule has 1 aliphatic rings. The number of sulfonamides is 1. The summed E-state index contributed by atoms with van der Waals surface area (Å²) in [6.45, 7) is 5.69. The highest BCUT2D eigenvalue weighted by Crippen LogP contribution is 2.22. The highest BCUT2D eigenvalue weighted by atomic mass is 32.2. The molecular weight excluding hydrogens is 368 g/mol. The molecule has 0 aliphatic carbocycles. The van der Waals surface area contributed by atoms with Gasteiger partial charge in [0, 0.05) is 44.6 Å². The van der Waals surface area contributed by atoms with E-state index in [1.165, 1.54) is 12.5 Å². The second kappa shape index (κ2) is 7.85. The molecule has 2 aromatic heterocycles. The molecule has 27 heavy (non-hydrogen) atoms. The van der Waals surface area contributed by atoms with Crippen LogP contribution in [-0.2, 0) is 16.6 Å². The van der Waals surface area contributed by atoms with Gasteiger partial charge in [0.1, 0.15) is 11.6 Å². The van der Waals surface area contributed by atoms with Crippen molar-refractivity contribution in [3.8, 4) is 0 Å². The summed E-state index contributed by atoms with van der Waals surface area (Å²) in [6.07, 6.45) is 7.57. The molecular formula is C18H26N4O4S. The van der Waals surface area contributed by atoms with Crippen LogP contribution in [0.4, 0.5) is 0 Å². The summed E-state index contributed by atoms with van der Waals surface area (Å²) >= 11 is 0. The number of amides is 1. The highest BCUT2D eigenvalue weighted by molar-refractivity contribution is 7.88. The van der Waals surface area contributed by atoms with Crippen molar-refractivity contribution in [3.05, 3.63) is 41.9 Å². The molecule has 0 unspecified atom stereocenters. The summed E-state index contributed by atoms with van der Waals surface area (Å²) in [5, 5.41) is 0. The number of aromatic nitrogens is 2. The lowest BCUT2D eigenvalue weighted by molar-refractivity contribution is 0.0676. The molecule has 3 rings (SSSR count). The molecule has 1 fully saturated rings. The zero-order valence-corrected chi connectivity index (χ0v) is 16.8. The molecule has 9 heteroatoms. The first-order valence-corrected chi connectivity index (χ1v) is 10.9. The van der Waals surface area contributed by atoms with E-state index in [0.29, 0.717) is 50.3 Å². The number of carbonyl (C=O) groups is 1. The molecule has 1 aliphatic heterocycles. The van der Waals surface area contributed by atoms with Crippen LogP contribution in [-0.4, -0.2) is 65.0 Å². The molecule has 1 amide bonds. The van der Waals surface area contributed by atoms with Gasteiger partial charge in [0.15, 0.2) is 0 Å². The summed E-state index contributed by atoms with van der Waals surface area (Å²) in [5.74, 6) is 1.41. The van der Waals surface area contributed by atoms with E-state index in [4.69, 9.17) is 4.42 Å². The maximum absolute atomic E-state index is 12.6. The van der Waals surface area contributed by atoms with E-state index < -0.39 is 10.0 Å². The lowest BCUT2D eigenvalue weighted by Gasteiger charge is -2.37. The van der Waals surface area contributed by atoms with Gasteiger partial charge in [-0.3, -0.25) is 4.79 Å². The van der Waals surface area contributed by atoms with Crippen molar-refractivity contribution in [2.24, 2.45) is 0 Å². The molecule has 2 aromatic rings. The van der Waals surface area contributed by atoms with Crippen LogP contribution in [0.5, 0.6) is 0 Å². The van der Waals surface area contributed by atoms with Crippen LogP contribution < -0.4 is 0 Å². The van der Waals surface area contributed by atoms with E-state index in [0.717, 1.165) is 5.82 Å². The quantitative estimate of drug-likeness (QED) is 0.743. The standard InChI is InChI=1S/C18H26N4O4S/c1-14-17(6-13-26-14)18(23)21-8-4-16(5-9-21)22(27(3,24)25)12-11-20-10-7-19-15(20)2/h6-7,10,13,16H,4-5,8-9,11-12H2,1-3H3. The molecule has 0 radical (unpaired) electrons. The van der Waals surface area contributed by atoms with Crippen molar-refractivity contribution in [1.82, 2.24) is 18.8 Å². The minimum atomic E-state index is -3.34. The van der Waals surface area contributed by atoms with Crippen LogP contribution in [0.2, 0.25) is 0 Å². The lowest BCUT2D eigenvalue weighted by Crippen LogP contribution is -2.49. The number of likely N-dealkylation sites (tertiary alicyclic amines) is 1. The van der Waals surface area contributed by atoms with Gasteiger partial charge >= 0.3 is 0 Å². The Bertz CT molecular complexity index is 894. The first-order chi connectivity index (χ1) is 12.8. The predicted octanol–water partition coefficient (Wildman–Crippen LogP) is 1.66. The first-order valence-electron chi connectivity index (χ1n) is 9.05. The fourth-order valence-corrected chi connectivity index (χ4v) is 4.77. The maximum atomic E-state index is 12.6. The zero-order chi connectivity index (χ0) is 19.6. The van der Waals surface area contributed by atoms with Crippen molar-refractivity contribution in [2.75, 3.05) is 25.9 Å². The predicted molar refractivity (Wildman–Crippen MR) is 101 cm³/mol. The summed E-state index contributed by atoms with van der Waals surface area (Å²) in [4.78, 5) is 18.5. The van der Waals surface area contributed by atoms with Gasteiger partial charge in [-0.25, -0.2) is 13.4 Å². The molecule has 0 bridgehead atoms. The van der Waals surface area contributed by atoms with E-state index in [2.05, 4.69) is 4.98 Å².